The molecule has 1 heterocycles. The van der Waals surface area contributed by atoms with E-state index in [1.807, 2.05) is 25.1 Å². The molecule has 0 saturated carbocycles. The maximum absolute atomic E-state index is 11.5. The standard InChI is InChI=1S/C20H21N5O3/c1-13-11-25(20(22)24-13)23-10-14-7-8-17(27-2)15(9-14)12-28-18-6-4-3-5-16(18)19(21)26/h3-11H,12H2,1-2H3,(H2,21,26)(H2,22,24). The van der Waals surface area contributed by atoms with Gasteiger partial charge in [0.25, 0.3) is 5.91 Å². The third-order valence-corrected chi connectivity index (χ3v) is 4.01. The summed E-state index contributed by atoms with van der Waals surface area (Å²) in [5.74, 6) is 0.843. The normalized spacial score (nSPS) is 10.9. The molecule has 0 atom stereocenters. The Labute approximate surface area is 162 Å². The van der Waals surface area contributed by atoms with Crippen molar-refractivity contribution in [2.45, 2.75) is 13.5 Å². The minimum absolute atomic E-state index is 0.196. The largest absolute Gasteiger partial charge is 0.496 e. The maximum Gasteiger partial charge on any atom is 0.252 e. The summed E-state index contributed by atoms with van der Waals surface area (Å²) in [5, 5.41) is 4.31. The van der Waals surface area contributed by atoms with Crippen LogP contribution < -0.4 is 20.9 Å². The number of imidazole rings is 1. The van der Waals surface area contributed by atoms with Crippen molar-refractivity contribution >= 4 is 18.1 Å². The zero-order valence-electron chi connectivity index (χ0n) is 15.6. The highest BCUT2D eigenvalue weighted by molar-refractivity contribution is 5.95. The Morgan fingerprint density at radius 2 is 2.04 bits per heavy atom. The number of anilines is 1. The number of aromatic nitrogens is 2. The monoisotopic (exact) mass is 379 g/mol. The van der Waals surface area contributed by atoms with Crippen molar-refractivity contribution in [3.8, 4) is 11.5 Å². The molecular weight excluding hydrogens is 358 g/mol. The Bertz CT molecular complexity index is 1030. The summed E-state index contributed by atoms with van der Waals surface area (Å²) in [5.41, 5.74) is 13.9. The van der Waals surface area contributed by atoms with Gasteiger partial charge in [-0.2, -0.15) is 5.10 Å². The molecule has 0 unspecified atom stereocenters. The van der Waals surface area contributed by atoms with E-state index in [4.69, 9.17) is 20.9 Å². The number of benzene rings is 2. The average molecular weight is 379 g/mol. The quantitative estimate of drug-likeness (QED) is 0.611. The third kappa shape index (κ3) is 4.29. The molecule has 0 fully saturated rings. The molecule has 0 aliphatic rings. The minimum Gasteiger partial charge on any atom is -0.496 e. The summed E-state index contributed by atoms with van der Waals surface area (Å²) in [7, 11) is 1.58. The highest BCUT2D eigenvalue weighted by Crippen LogP contribution is 2.24. The van der Waals surface area contributed by atoms with Crippen molar-refractivity contribution < 1.29 is 14.3 Å². The van der Waals surface area contributed by atoms with Crippen molar-refractivity contribution in [1.82, 2.24) is 9.66 Å². The van der Waals surface area contributed by atoms with Crippen molar-refractivity contribution in [1.29, 1.82) is 0 Å². The van der Waals surface area contributed by atoms with Gasteiger partial charge in [0, 0.05) is 5.56 Å². The van der Waals surface area contributed by atoms with Gasteiger partial charge in [-0.05, 0) is 42.8 Å². The zero-order valence-corrected chi connectivity index (χ0v) is 15.6. The summed E-state index contributed by atoms with van der Waals surface area (Å²) in [6.45, 7) is 2.04. The predicted molar refractivity (Wildman–Crippen MR) is 107 cm³/mol. The number of nitrogens with two attached hydrogens (primary N) is 2. The second-order valence-electron chi connectivity index (χ2n) is 6.05. The summed E-state index contributed by atoms with van der Waals surface area (Å²) in [6, 6.07) is 12.4. The molecule has 4 N–H and O–H groups in total. The predicted octanol–water partition coefficient (Wildman–Crippen LogP) is 2.34. The summed E-state index contributed by atoms with van der Waals surface area (Å²) in [4.78, 5) is 15.6. The van der Waals surface area contributed by atoms with E-state index in [-0.39, 0.29) is 6.61 Å². The highest BCUT2D eigenvalue weighted by atomic mass is 16.5. The van der Waals surface area contributed by atoms with Crippen LogP contribution in [0.15, 0.2) is 53.8 Å². The minimum atomic E-state index is -0.545. The van der Waals surface area contributed by atoms with Crippen LogP contribution in [0.3, 0.4) is 0 Å². The Hall–Kier alpha value is -3.81. The zero-order chi connectivity index (χ0) is 20.1. The fourth-order valence-electron chi connectivity index (χ4n) is 2.67. The molecule has 0 radical (unpaired) electrons. The number of carbonyl (C=O) groups is 1. The Kier molecular flexibility index (Phi) is 5.59. The number of amides is 1. The van der Waals surface area contributed by atoms with E-state index in [0.29, 0.717) is 23.0 Å². The first-order valence-corrected chi connectivity index (χ1v) is 8.52. The number of primary amides is 1. The van der Waals surface area contributed by atoms with Crippen molar-refractivity contribution in [2.75, 3.05) is 12.8 Å². The molecule has 0 aliphatic heterocycles. The van der Waals surface area contributed by atoms with Crippen LogP contribution in [0.2, 0.25) is 0 Å². The van der Waals surface area contributed by atoms with Gasteiger partial charge in [0.05, 0.1) is 30.8 Å². The van der Waals surface area contributed by atoms with E-state index in [1.165, 1.54) is 4.68 Å². The van der Waals surface area contributed by atoms with E-state index in [1.54, 1.807) is 43.8 Å². The fourth-order valence-corrected chi connectivity index (χ4v) is 2.67. The number of aryl methyl sites for hydroxylation is 1. The molecule has 1 amide bonds. The number of hydrogen-bond donors (Lipinski definition) is 2. The van der Waals surface area contributed by atoms with Crippen LogP contribution >= 0.6 is 0 Å². The molecule has 2 aromatic carbocycles. The van der Waals surface area contributed by atoms with Crippen LogP contribution in [-0.2, 0) is 6.61 Å². The van der Waals surface area contributed by atoms with Gasteiger partial charge in [-0.25, -0.2) is 9.66 Å². The van der Waals surface area contributed by atoms with Crippen LogP contribution in [0.4, 0.5) is 5.95 Å². The van der Waals surface area contributed by atoms with Gasteiger partial charge >= 0.3 is 0 Å². The van der Waals surface area contributed by atoms with Crippen molar-refractivity contribution in [2.24, 2.45) is 10.8 Å². The molecule has 0 aliphatic carbocycles. The van der Waals surface area contributed by atoms with Crippen LogP contribution in [0.25, 0.3) is 0 Å². The second kappa shape index (κ2) is 8.26. The third-order valence-electron chi connectivity index (χ3n) is 4.01. The van der Waals surface area contributed by atoms with E-state index in [2.05, 4.69) is 10.1 Å². The van der Waals surface area contributed by atoms with Crippen molar-refractivity contribution in [3.63, 3.8) is 0 Å². The van der Waals surface area contributed by atoms with Crippen LogP contribution in [-0.4, -0.2) is 28.9 Å². The molecule has 144 valence electrons. The van der Waals surface area contributed by atoms with E-state index >= 15 is 0 Å². The molecule has 0 spiro atoms. The number of nitrogen functional groups attached to an aromatic ring is 1. The van der Waals surface area contributed by atoms with E-state index in [0.717, 1.165) is 16.8 Å². The number of para-hydroxylation sites is 1. The summed E-state index contributed by atoms with van der Waals surface area (Å²) < 4.78 is 12.7. The summed E-state index contributed by atoms with van der Waals surface area (Å²) in [6.07, 6.45) is 3.40. The lowest BCUT2D eigenvalue weighted by atomic mass is 10.1. The van der Waals surface area contributed by atoms with Gasteiger partial charge in [0.2, 0.25) is 5.95 Å². The Morgan fingerprint density at radius 3 is 2.71 bits per heavy atom. The van der Waals surface area contributed by atoms with E-state index < -0.39 is 5.91 Å². The molecule has 3 aromatic rings. The number of carbonyl (C=O) groups excluding carboxylic acids is 1. The molecular formula is C20H21N5O3. The van der Waals surface area contributed by atoms with Gasteiger partial charge in [0.1, 0.15) is 18.1 Å². The number of ether oxygens (including phenoxy) is 2. The lowest BCUT2D eigenvalue weighted by Crippen LogP contribution is -2.13. The number of hydrogen-bond acceptors (Lipinski definition) is 6. The van der Waals surface area contributed by atoms with Gasteiger partial charge in [0.15, 0.2) is 0 Å². The van der Waals surface area contributed by atoms with Gasteiger partial charge in [-0.3, -0.25) is 4.79 Å². The smallest absolute Gasteiger partial charge is 0.252 e. The first-order chi connectivity index (χ1) is 13.5. The van der Waals surface area contributed by atoms with E-state index in [9.17, 15) is 4.79 Å². The topological polar surface area (TPSA) is 118 Å². The first-order valence-electron chi connectivity index (χ1n) is 8.52. The van der Waals surface area contributed by atoms with Crippen LogP contribution in [0.5, 0.6) is 11.5 Å². The van der Waals surface area contributed by atoms with Gasteiger partial charge < -0.3 is 20.9 Å². The molecule has 8 nitrogen and oxygen atoms in total. The second-order valence-corrected chi connectivity index (χ2v) is 6.05. The lowest BCUT2D eigenvalue weighted by Gasteiger charge is -2.12. The van der Waals surface area contributed by atoms with Crippen LogP contribution in [0, 0.1) is 6.92 Å². The molecule has 0 bridgehead atoms. The molecule has 0 saturated heterocycles. The lowest BCUT2D eigenvalue weighted by molar-refractivity contribution is 0.0996. The number of nitrogens with zero attached hydrogens (tertiary/aromatic N) is 3. The number of rotatable bonds is 7. The van der Waals surface area contributed by atoms with Gasteiger partial charge in [-0.1, -0.05) is 12.1 Å². The van der Waals surface area contributed by atoms with Crippen LogP contribution in [0.1, 0.15) is 27.2 Å². The molecule has 3 rings (SSSR count). The molecule has 28 heavy (non-hydrogen) atoms. The number of methoxy groups -OCH3 is 1. The first kappa shape index (κ1) is 19.0. The van der Waals surface area contributed by atoms with Crippen molar-refractivity contribution in [3.05, 3.63) is 71.0 Å². The fraction of sp³-hybridized carbons (Fsp3) is 0.150. The maximum atomic E-state index is 11.5. The average Bonchev–Trinajstić information content (AvgIpc) is 3.02. The Balaban J connectivity index is 1.82. The molecule has 1 aromatic heterocycles. The Morgan fingerprint density at radius 1 is 1.25 bits per heavy atom. The highest BCUT2D eigenvalue weighted by Gasteiger charge is 2.10. The SMILES string of the molecule is COc1ccc(C=Nn2cc(C)nc2N)cc1COc1ccccc1C(N)=O. The van der Waals surface area contributed by atoms with Gasteiger partial charge in [-0.15, -0.1) is 0 Å². The summed E-state index contributed by atoms with van der Waals surface area (Å²) >= 11 is 0. The molecule has 8 heteroatoms.